The van der Waals surface area contributed by atoms with Crippen LogP contribution >= 0.6 is 0 Å². The Morgan fingerprint density at radius 3 is 2.39 bits per heavy atom. The van der Waals surface area contributed by atoms with Gasteiger partial charge in [-0.3, -0.25) is 9.20 Å². The lowest BCUT2D eigenvalue weighted by molar-refractivity contribution is -0.192. The van der Waals surface area contributed by atoms with Crippen LogP contribution in [-0.2, 0) is 11.3 Å². The molecule has 0 spiro atoms. The molecule has 0 atom stereocenters. The summed E-state index contributed by atoms with van der Waals surface area (Å²) >= 11 is 0. The molecule has 0 bridgehead atoms. The lowest BCUT2D eigenvalue weighted by Crippen LogP contribution is -2.22. The van der Waals surface area contributed by atoms with E-state index in [0.29, 0.717) is 18.7 Å². The molecular weight excluding hydrogens is 439 g/mol. The second-order valence-corrected chi connectivity index (χ2v) is 7.28. The fourth-order valence-electron chi connectivity index (χ4n) is 3.44. The third kappa shape index (κ3) is 5.13. The normalized spacial score (nSPS) is 11.3. The molecule has 4 aromatic rings. The van der Waals surface area contributed by atoms with Gasteiger partial charge in [0.25, 0.3) is 5.91 Å². The number of benzene rings is 1. The summed E-state index contributed by atoms with van der Waals surface area (Å²) in [5.41, 5.74) is 6.02. The van der Waals surface area contributed by atoms with Crippen LogP contribution in [0.3, 0.4) is 0 Å². The minimum atomic E-state index is -5.08. The summed E-state index contributed by atoms with van der Waals surface area (Å²) in [6, 6.07) is 14.0. The van der Waals surface area contributed by atoms with E-state index in [-0.39, 0.29) is 5.91 Å². The number of aromatic nitrogens is 4. The summed E-state index contributed by atoms with van der Waals surface area (Å²) in [6.45, 7) is 7.31. The third-order valence-corrected chi connectivity index (χ3v) is 4.92. The lowest BCUT2D eigenvalue weighted by Gasteiger charge is -2.10. The Morgan fingerprint density at radius 2 is 1.76 bits per heavy atom. The van der Waals surface area contributed by atoms with Crippen LogP contribution in [0.25, 0.3) is 16.7 Å². The first-order valence-corrected chi connectivity index (χ1v) is 10.0. The average Bonchev–Trinajstić information content (AvgIpc) is 3.28. The second-order valence-electron chi connectivity index (χ2n) is 7.28. The van der Waals surface area contributed by atoms with Gasteiger partial charge < -0.3 is 15.0 Å². The number of rotatable bonds is 4. The number of aliphatic carboxylic acids is 1. The van der Waals surface area contributed by atoms with Crippen molar-refractivity contribution in [1.29, 1.82) is 0 Å². The van der Waals surface area contributed by atoms with Gasteiger partial charge in [-0.25, -0.2) is 4.79 Å². The van der Waals surface area contributed by atoms with Gasteiger partial charge in [-0.2, -0.15) is 13.2 Å². The number of nitrogens with one attached hydrogen (secondary N) is 1. The predicted molar refractivity (Wildman–Crippen MR) is 115 cm³/mol. The monoisotopic (exact) mass is 461 g/mol. The van der Waals surface area contributed by atoms with Crippen LogP contribution in [0.2, 0.25) is 0 Å². The molecule has 11 heteroatoms. The molecule has 2 N–H and O–H groups in total. The van der Waals surface area contributed by atoms with Crippen molar-refractivity contribution in [2.24, 2.45) is 0 Å². The topological polar surface area (TPSA) is 102 Å². The van der Waals surface area contributed by atoms with Crippen molar-refractivity contribution >= 4 is 28.6 Å². The summed E-state index contributed by atoms with van der Waals surface area (Å²) in [6.07, 6.45) is -5.08. The van der Waals surface area contributed by atoms with Crippen molar-refractivity contribution < 1.29 is 27.9 Å². The standard InChI is InChI=1S/C20H21N5O.C2HF3O2/c1-4-21-20(26)16-7-5-6-15(11-16)12-24-13(2)10-18-17(24)8-9-19-23-22-14(3)25(18)19;3-2(4,5)1(6)7/h5-11H,4,12H2,1-3H3,(H,21,26);(H,6,7). The van der Waals surface area contributed by atoms with E-state index in [1.807, 2.05) is 38.1 Å². The Kier molecular flexibility index (Phi) is 6.70. The number of carbonyl (C=O) groups excluding carboxylic acids is 1. The Morgan fingerprint density at radius 1 is 1.06 bits per heavy atom. The number of hydrogen-bond donors (Lipinski definition) is 2. The minimum Gasteiger partial charge on any atom is -0.475 e. The van der Waals surface area contributed by atoms with Gasteiger partial charge in [-0.15, -0.1) is 10.2 Å². The van der Waals surface area contributed by atoms with Gasteiger partial charge in [-0.05, 0) is 56.7 Å². The number of alkyl halides is 3. The van der Waals surface area contributed by atoms with Crippen LogP contribution in [0.1, 0.15) is 34.4 Å². The van der Waals surface area contributed by atoms with E-state index in [4.69, 9.17) is 9.90 Å². The van der Waals surface area contributed by atoms with Crippen LogP contribution in [0, 0.1) is 13.8 Å². The zero-order valence-corrected chi connectivity index (χ0v) is 18.1. The number of carboxylic acids is 1. The van der Waals surface area contributed by atoms with E-state index in [1.54, 1.807) is 0 Å². The van der Waals surface area contributed by atoms with Gasteiger partial charge in [-0.1, -0.05) is 12.1 Å². The number of nitrogens with zero attached hydrogens (tertiary/aromatic N) is 4. The van der Waals surface area contributed by atoms with E-state index < -0.39 is 12.1 Å². The van der Waals surface area contributed by atoms with Gasteiger partial charge in [0.2, 0.25) is 0 Å². The number of pyridine rings is 1. The molecule has 0 aliphatic heterocycles. The number of carbonyl (C=O) groups is 2. The van der Waals surface area contributed by atoms with E-state index in [2.05, 4.69) is 49.6 Å². The van der Waals surface area contributed by atoms with Crippen molar-refractivity contribution in [3.63, 3.8) is 0 Å². The molecule has 3 aromatic heterocycles. The summed E-state index contributed by atoms with van der Waals surface area (Å²) in [4.78, 5) is 21.0. The summed E-state index contributed by atoms with van der Waals surface area (Å²) in [7, 11) is 0. The van der Waals surface area contributed by atoms with Crippen LogP contribution in [0.15, 0.2) is 42.5 Å². The molecule has 0 unspecified atom stereocenters. The first kappa shape index (κ1) is 23.8. The molecular formula is C22H22F3N5O3. The number of carboxylic acid groups (broad SMARTS) is 1. The van der Waals surface area contributed by atoms with Gasteiger partial charge in [0.05, 0.1) is 11.0 Å². The molecule has 3 heterocycles. The second kappa shape index (κ2) is 9.31. The average molecular weight is 461 g/mol. The minimum absolute atomic E-state index is 0.0368. The number of amides is 1. The SMILES string of the molecule is CCNC(=O)c1cccc(Cn2c(C)cc3c2ccc2nnc(C)n23)c1.O=C(O)C(F)(F)F. The maximum Gasteiger partial charge on any atom is 0.490 e. The Labute approximate surface area is 186 Å². The molecule has 0 aliphatic rings. The van der Waals surface area contributed by atoms with Crippen LogP contribution in [0.5, 0.6) is 0 Å². The van der Waals surface area contributed by atoms with Crippen molar-refractivity contribution in [1.82, 2.24) is 24.5 Å². The third-order valence-electron chi connectivity index (χ3n) is 4.92. The van der Waals surface area contributed by atoms with E-state index >= 15 is 0 Å². The van der Waals surface area contributed by atoms with Gasteiger partial charge in [0, 0.05) is 24.3 Å². The quantitative estimate of drug-likeness (QED) is 0.482. The first-order chi connectivity index (χ1) is 15.5. The van der Waals surface area contributed by atoms with E-state index in [0.717, 1.165) is 33.8 Å². The molecule has 0 saturated heterocycles. The highest BCUT2D eigenvalue weighted by Gasteiger charge is 2.38. The van der Waals surface area contributed by atoms with Gasteiger partial charge in [0.15, 0.2) is 5.65 Å². The molecule has 0 saturated carbocycles. The number of aryl methyl sites for hydroxylation is 2. The highest BCUT2D eigenvalue weighted by molar-refractivity contribution is 5.94. The first-order valence-electron chi connectivity index (χ1n) is 10.0. The Bertz CT molecular complexity index is 1320. The number of hydrogen-bond acceptors (Lipinski definition) is 4. The van der Waals surface area contributed by atoms with Crippen molar-refractivity contribution in [2.45, 2.75) is 33.5 Å². The fraction of sp³-hybridized carbons (Fsp3) is 0.273. The summed E-state index contributed by atoms with van der Waals surface area (Å²) < 4.78 is 36.1. The molecule has 4 rings (SSSR count). The highest BCUT2D eigenvalue weighted by Crippen LogP contribution is 2.23. The molecule has 0 radical (unpaired) electrons. The van der Waals surface area contributed by atoms with Crippen LogP contribution in [0.4, 0.5) is 13.2 Å². The Hall–Kier alpha value is -3.89. The summed E-state index contributed by atoms with van der Waals surface area (Å²) in [5.74, 6) is -1.92. The molecule has 0 aliphatic carbocycles. The lowest BCUT2D eigenvalue weighted by atomic mass is 10.1. The highest BCUT2D eigenvalue weighted by atomic mass is 19.4. The number of halogens is 3. The van der Waals surface area contributed by atoms with Gasteiger partial charge in [0.1, 0.15) is 5.82 Å². The van der Waals surface area contributed by atoms with Crippen LogP contribution < -0.4 is 5.32 Å². The molecule has 33 heavy (non-hydrogen) atoms. The maximum absolute atomic E-state index is 12.1. The summed E-state index contributed by atoms with van der Waals surface area (Å²) in [5, 5.41) is 18.3. The van der Waals surface area contributed by atoms with Crippen molar-refractivity contribution in [3.8, 4) is 0 Å². The molecule has 174 valence electrons. The van der Waals surface area contributed by atoms with Crippen molar-refractivity contribution in [2.75, 3.05) is 6.54 Å². The predicted octanol–water partition coefficient (Wildman–Crippen LogP) is 3.73. The van der Waals surface area contributed by atoms with Gasteiger partial charge >= 0.3 is 12.1 Å². The van der Waals surface area contributed by atoms with E-state index in [9.17, 15) is 18.0 Å². The fourth-order valence-corrected chi connectivity index (χ4v) is 3.44. The smallest absolute Gasteiger partial charge is 0.475 e. The molecule has 1 aromatic carbocycles. The van der Waals surface area contributed by atoms with Crippen molar-refractivity contribution in [3.05, 3.63) is 65.1 Å². The molecule has 1 amide bonds. The zero-order valence-electron chi connectivity index (χ0n) is 18.1. The largest absolute Gasteiger partial charge is 0.490 e. The molecule has 0 fully saturated rings. The maximum atomic E-state index is 12.1. The van der Waals surface area contributed by atoms with Crippen LogP contribution in [-0.4, -0.2) is 48.9 Å². The van der Waals surface area contributed by atoms with E-state index in [1.165, 1.54) is 0 Å². The Balaban J connectivity index is 0.000000383. The zero-order chi connectivity index (χ0) is 24.3. The molecule has 8 nitrogen and oxygen atoms in total. The number of fused-ring (bicyclic) bond motifs is 3.